The third kappa shape index (κ3) is 4.35. The van der Waals surface area contributed by atoms with Crippen molar-refractivity contribution in [3.8, 4) is 33.4 Å². The van der Waals surface area contributed by atoms with E-state index in [1.54, 1.807) is 0 Å². The molecule has 11 aromatic rings. The van der Waals surface area contributed by atoms with Crippen LogP contribution in [0.5, 0.6) is 0 Å². The van der Waals surface area contributed by atoms with E-state index >= 15 is 0 Å². The van der Waals surface area contributed by atoms with Crippen LogP contribution in [-0.2, 0) is 0 Å². The van der Waals surface area contributed by atoms with Crippen molar-refractivity contribution < 1.29 is 11.0 Å². The lowest BCUT2D eigenvalue weighted by molar-refractivity contribution is 1.63. The van der Waals surface area contributed by atoms with Crippen LogP contribution in [0.15, 0.2) is 194 Å². The second-order valence-electron chi connectivity index (χ2n) is 13.4. The summed E-state index contributed by atoms with van der Waals surface area (Å²) in [5, 5.41) is 11.1. The molecule has 0 heterocycles. The van der Waals surface area contributed by atoms with Gasteiger partial charge in [0.25, 0.3) is 0 Å². The minimum atomic E-state index is -0.423. The summed E-state index contributed by atoms with van der Waals surface area (Å²) in [6.07, 6.45) is 0. The zero-order valence-corrected chi connectivity index (χ0v) is 27.9. The standard InChI is InChI=1S/C52H32/c1-3-16-40-33(12-1)24-26-37-30-36(28-29-41(37)40)35-14-11-15-38(31-35)51-45-20-7-9-22-47(45)52(48-23-10-8-21-46(48)51)49-32-39-27-25-34-13-2-4-17-42(34)50(39)44-19-6-5-18-43(44)49/h1-32H/i7D,8D,9D,10D,20D,21D,22D,23D. The molecule has 0 spiro atoms. The number of benzene rings is 11. The van der Waals surface area contributed by atoms with Gasteiger partial charge in [0.2, 0.25) is 0 Å². The van der Waals surface area contributed by atoms with Gasteiger partial charge in [-0.15, -0.1) is 0 Å². The van der Waals surface area contributed by atoms with Crippen molar-refractivity contribution in [2.75, 3.05) is 0 Å². The van der Waals surface area contributed by atoms with E-state index in [9.17, 15) is 5.48 Å². The highest BCUT2D eigenvalue weighted by atomic mass is 14.2. The molecule has 0 nitrogen and oxygen atoms in total. The molecule has 0 unspecified atom stereocenters. The Morgan fingerprint density at radius 1 is 0.288 bits per heavy atom. The molecule has 0 radical (unpaired) electrons. The van der Waals surface area contributed by atoms with Gasteiger partial charge in [0.05, 0.1) is 11.0 Å². The number of hydrogen-bond donors (Lipinski definition) is 0. The Kier molecular flexibility index (Phi) is 4.85. The lowest BCUT2D eigenvalue weighted by Gasteiger charge is -2.20. The van der Waals surface area contributed by atoms with Crippen molar-refractivity contribution in [3.63, 3.8) is 0 Å². The van der Waals surface area contributed by atoms with Gasteiger partial charge in [-0.2, -0.15) is 0 Å². The second kappa shape index (κ2) is 11.4. The van der Waals surface area contributed by atoms with Crippen LogP contribution in [0, 0.1) is 0 Å². The Bertz CT molecular complexity index is 3620. The summed E-state index contributed by atoms with van der Waals surface area (Å²) in [6, 6.07) is 45.8. The maximum absolute atomic E-state index is 9.58. The summed E-state index contributed by atoms with van der Waals surface area (Å²) < 4.78 is 74.1. The first kappa shape index (κ1) is 22.1. The molecule has 0 N–H and O–H groups in total. The maximum Gasteiger partial charge on any atom is 0.0629 e. The molecule has 11 aromatic carbocycles. The number of hydrogen-bond acceptors (Lipinski definition) is 0. The third-order valence-corrected chi connectivity index (χ3v) is 10.6. The van der Waals surface area contributed by atoms with Gasteiger partial charge in [-0.3, -0.25) is 0 Å². The van der Waals surface area contributed by atoms with Crippen LogP contribution in [0.25, 0.3) is 109 Å². The largest absolute Gasteiger partial charge is 0.0629 e. The first-order valence-corrected chi connectivity index (χ1v) is 17.4. The monoisotopic (exact) mass is 664 g/mol. The molecule has 52 heavy (non-hydrogen) atoms. The summed E-state index contributed by atoms with van der Waals surface area (Å²) in [5.74, 6) is 0. The molecule has 0 fully saturated rings. The number of rotatable bonds is 3. The summed E-state index contributed by atoms with van der Waals surface area (Å²) in [7, 11) is 0. The predicted molar refractivity (Wildman–Crippen MR) is 225 cm³/mol. The normalized spacial score (nSPS) is 14.0. The molecule has 0 atom stereocenters. The fourth-order valence-corrected chi connectivity index (χ4v) is 8.32. The predicted octanol–water partition coefficient (Wildman–Crippen LogP) is 14.8. The van der Waals surface area contributed by atoms with E-state index in [0.29, 0.717) is 22.3 Å². The average Bonchev–Trinajstić information content (AvgIpc) is 3.29. The zero-order valence-electron chi connectivity index (χ0n) is 35.9. The van der Waals surface area contributed by atoms with Crippen molar-refractivity contribution in [2.24, 2.45) is 0 Å². The van der Waals surface area contributed by atoms with Crippen molar-refractivity contribution >= 4 is 75.4 Å². The summed E-state index contributed by atoms with van der Waals surface area (Å²) >= 11 is 0. The maximum atomic E-state index is 9.58. The first-order valence-electron chi connectivity index (χ1n) is 21.4. The Morgan fingerprint density at radius 3 is 1.54 bits per heavy atom. The van der Waals surface area contributed by atoms with Gasteiger partial charge in [-0.05, 0) is 127 Å². The fourth-order valence-electron chi connectivity index (χ4n) is 8.32. The lowest BCUT2D eigenvalue weighted by atomic mass is 9.83. The minimum absolute atomic E-state index is 0.193. The highest BCUT2D eigenvalue weighted by Crippen LogP contribution is 2.47. The highest BCUT2D eigenvalue weighted by molar-refractivity contribution is 6.28. The molecular weight excluding hydrogens is 625 g/mol. The third-order valence-electron chi connectivity index (χ3n) is 10.6. The average molecular weight is 665 g/mol. The van der Waals surface area contributed by atoms with Crippen molar-refractivity contribution in [2.45, 2.75) is 0 Å². The molecule has 0 aliphatic carbocycles. The van der Waals surface area contributed by atoms with E-state index in [2.05, 4.69) is 60.7 Å². The van der Waals surface area contributed by atoms with Crippen molar-refractivity contribution in [1.29, 1.82) is 0 Å². The quantitative estimate of drug-likeness (QED) is 0.130. The fraction of sp³-hybridized carbons (Fsp3) is 0. The number of fused-ring (bicyclic) bond motifs is 10. The summed E-state index contributed by atoms with van der Waals surface area (Å²) in [4.78, 5) is 0. The van der Waals surface area contributed by atoms with Gasteiger partial charge in [0.15, 0.2) is 0 Å². The topological polar surface area (TPSA) is 0 Å². The Hall–Kier alpha value is -6.76. The van der Waals surface area contributed by atoms with Crippen LogP contribution >= 0.6 is 0 Å². The highest BCUT2D eigenvalue weighted by Gasteiger charge is 2.20. The molecule has 0 aliphatic heterocycles. The second-order valence-corrected chi connectivity index (χ2v) is 13.4. The van der Waals surface area contributed by atoms with Crippen LogP contribution in [0.4, 0.5) is 0 Å². The Balaban J connectivity index is 1.29. The van der Waals surface area contributed by atoms with E-state index < -0.39 is 24.2 Å². The lowest BCUT2D eigenvalue weighted by Crippen LogP contribution is -1.93. The van der Waals surface area contributed by atoms with Crippen LogP contribution in [0.2, 0.25) is 0 Å². The SMILES string of the molecule is [2H]c1c([2H])c([2H])c2c(-c3cc4ccc5ccccc5c4c4ccccc34)c3c([2H])c([2H])c([2H])c([2H])c3c(-c3cccc(-c4ccc5c(ccc6ccccc65)c4)c3)c2c1[2H]. The molecular formula is C52H32. The van der Waals surface area contributed by atoms with Gasteiger partial charge in [0.1, 0.15) is 0 Å². The minimum Gasteiger partial charge on any atom is -0.0616 e. The Morgan fingerprint density at radius 2 is 0.808 bits per heavy atom. The molecule has 0 saturated carbocycles. The van der Waals surface area contributed by atoms with Gasteiger partial charge in [-0.25, -0.2) is 0 Å². The van der Waals surface area contributed by atoms with Gasteiger partial charge >= 0.3 is 0 Å². The molecule has 0 heteroatoms. The van der Waals surface area contributed by atoms with Crippen LogP contribution in [0.3, 0.4) is 0 Å². The molecule has 0 bridgehead atoms. The molecule has 0 aliphatic rings. The molecule has 240 valence electrons. The van der Waals surface area contributed by atoms with Crippen LogP contribution in [0.1, 0.15) is 11.0 Å². The Labute approximate surface area is 313 Å². The van der Waals surface area contributed by atoms with Gasteiger partial charge in [-0.1, -0.05) is 176 Å². The zero-order chi connectivity index (χ0) is 41.1. The van der Waals surface area contributed by atoms with Crippen molar-refractivity contribution in [1.82, 2.24) is 0 Å². The molecule has 0 amide bonds. The van der Waals surface area contributed by atoms with Crippen molar-refractivity contribution in [3.05, 3.63) is 194 Å². The summed E-state index contributed by atoms with van der Waals surface area (Å²) in [6.45, 7) is 0. The van der Waals surface area contributed by atoms with E-state index in [-0.39, 0.29) is 45.7 Å². The smallest absolute Gasteiger partial charge is 0.0616 e. The first-order chi connectivity index (χ1) is 29.1. The van der Waals surface area contributed by atoms with Gasteiger partial charge in [0, 0.05) is 0 Å². The van der Waals surface area contributed by atoms with E-state index in [0.717, 1.165) is 65.0 Å². The molecule has 0 saturated heterocycles. The molecule has 0 aromatic heterocycles. The van der Waals surface area contributed by atoms with Crippen LogP contribution in [-0.4, -0.2) is 0 Å². The van der Waals surface area contributed by atoms with E-state index in [1.165, 1.54) is 0 Å². The molecule has 11 rings (SSSR count). The van der Waals surface area contributed by atoms with E-state index in [1.807, 2.05) is 84.9 Å². The summed E-state index contributed by atoms with van der Waals surface area (Å²) in [5.41, 5.74) is 3.63. The van der Waals surface area contributed by atoms with Crippen LogP contribution < -0.4 is 0 Å². The van der Waals surface area contributed by atoms with Gasteiger partial charge < -0.3 is 0 Å². The van der Waals surface area contributed by atoms with E-state index in [4.69, 9.17) is 5.48 Å².